The summed E-state index contributed by atoms with van der Waals surface area (Å²) >= 11 is 0. The van der Waals surface area contributed by atoms with Crippen molar-refractivity contribution < 1.29 is 28.1 Å². The van der Waals surface area contributed by atoms with Gasteiger partial charge in [-0.3, -0.25) is 4.79 Å². The van der Waals surface area contributed by atoms with Gasteiger partial charge in [-0.05, 0) is 106 Å². The number of aromatic nitrogens is 1. The van der Waals surface area contributed by atoms with Crippen molar-refractivity contribution in [3.63, 3.8) is 0 Å². The lowest BCUT2D eigenvalue weighted by Crippen LogP contribution is -2.49. The quantitative estimate of drug-likeness (QED) is 0.0433. The lowest BCUT2D eigenvalue weighted by Gasteiger charge is -2.40. The summed E-state index contributed by atoms with van der Waals surface area (Å²) < 4.78 is 36.1. The molecule has 3 atom stereocenters. The van der Waals surface area contributed by atoms with Crippen LogP contribution in [0.4, 0.5) is 0 Å². The zero-order valence-corrected chi connectivity index (χ0v) is 38.0. The number of methoxy groups -OCH3 is 2. The third-order valence-electron chi connectivity index (χ3n) is 10.9. The number of allylic oxidation sites excluding steroid dienone is 1. The lowest BCUT2D eigenvalue weighted by atomic mass is 9.80. The molecular formula is C51H59N4O6P. The second kappa shape index (κ2) is 21.5. The molecule has 0 bridgehead atoms. The van der Waals surface area contributed by atoms with Gasteiger partial charge in [0.25, 0.3) is 8.53 Å². The smallest absolute Gasteiger partial charge is 0.259 e. The number of carbonyl (C=O) groups excluding carboxylic acids is 1. The summed E-state index contributed by atoms with van der Waals surface area (Å²) in [6.45, 7) is 12.7. The number of carbonyl (C=O) groups is 1. The molecule has 0 saturated carbocycles. The normalized spacial score (nSPS) is 13.5. The predicted molar refractivity (Wildman–Crippen MR) is 250 cm³/mol. The summed E-state index contributed by atoms with van der Waals surface area (Å²) in [6, 6.07) is 42.0. The molecule has 1 unspecified atom stereocenters. The van der Waals surface area contributed by atoms with Crippen LogP contribution in [0.5, 0.6) is 11.5 Å². The topological polar surface area (TPSA) is 107 Å². The minimum atomic E-state index is -1.65. The molecule has 62 heavy (non-hydrogen) atoms. The highest BCUT2D eigenvalue weighted by molar-refractivity contribution is 7.44. The fourth-order valence-electron chi connectivity index (χ4n) is 8.03. The number of fused-ring (bicyclic) bond motifs is 3. The van der Waals surface area contributed by atoms with Gasteiger partial charge in [0.15, 0.2) is 0 Å². The van der Waals surface area contributed by atoms with Gasteiger partial charge in [-0.15, -0.1) is 0 Å². The number of benzene rings is 5. The molecule has 11 heteroatoms. The molecule has 10 nitrogen and oxygen atoms in total. The van der Waals surface area contributed by atoms with Gasteiger partial charge < -0.3 is 33.1 Å². The largest absolute Gasteiger partial charge is 0.497 e. The Hall–Kier alpha value is -5.53. The molecule has 6 aromatic rings. The first-order chi connectivity index (χ1) is 30.0. The Bertz CT molecular complexity index is 2390. The van der Waals surface area contributed by atoms with Crippen LogP contribution in [0.25, 0.3) is 27.9 Å². The Morgan fingerprint density at radius 1 is 0.790 bits per heavy atom. The van der Waals surface area contributed by atoms with Crippen LogP contribution in [0.15, 0.2) is 127 Å². The van der Waals surface area contributed by atoms with Gasteiger partial charge in [0, 0.05) is 33.9 Å². The number of ether oxygens (including phenoxy) is 3. The van der Waals surface area contributed by atoms with Crippen LogP contribution >= 0.6 is 8.53 Å². The average molecular weight is 855 g/mol. The summed E-state index contributed by atoms with van der Waals surface area (Å²) in [6.07, 6.45) is 3.73. The summed E-state index contributed by atoms with van der Waals surface area (Å²) in [7, 11) is 1.64. The number of hydrogen-bond acceptors (Lipinski definition) is 8. The van der Waals surface area contributed by atoms with Gasteiger partial charge >= 0.3 is 0 Å². The molecule has 6 rings (SSSR count). The second-order valence-corrected chi connectivity index (χ2v) is 17.1. The molecule has 1 aromatic heterocycles. The Morgan fingerprint density at radius 2 is 1.37 bits per heavy atom. The number of rotatable bonds is 21. The van der Waals surface area contributed by atoms with E-state index in [1.165, 1.54) is 0 Å². The number of nitrogens with zero attached hydrogens (tertiary/aromatic N) is 3. The molecular weight excluding hydrogens is 796 g/mol. The summed E-state index contributed by atoms with van der Waals surface area (Å²) in [4.78, 5) is 14.7. The number of nitrogens with one attached hydrogen (secondary N) is 1. The van der Waals surface area contributed by atoms with Crippen molar-refractivity contribution in [1.82, 2.24) is 14.6 Å². The van der Waals surface area contributed by atoms with Gasteiger partial charge in [-0.2, -0.15) is 5.26 Å². The number of para-hydroxylation sites is 1. The van der Waals surface area contributed by atoms with Gasteiger partial charge in [-0.1, -0.05) is 91.0 Å². The van der Waals surface area contributed by atoms with E-state index in [4.69, 9.17) is 23.3 Å². The first-order valence-corrected chi connectivity index (χ1v) is 22.3. The van der Waals surface area contributed by atoms with Crippen LogP contribution in [-0.2, 0) is 30.7 Å². The monoisotopic (exact) mass is 854 g/mol. The van der Waals surface area contributed by atoms with Crippen molar-refractivity contribution in [1.29, 1.82) is 5.26 Å². The molecule has 1 heterocycles. The average Bonchev–Trinajstić information content (AvgIpc) is 3.58. The minimum absolute atomic E-state index is 0.0461. The number of nitriles is 1. The van der Waals surface area contributed by atoms with E-state index in [0.29, 0.717) is 11.5 Å². The van der Waals surface area contributed by atoms with Crippen molar-refractivity contribution in [3.05, 3.63) is 150 Å². The highest BCUT2D eigenvalue weighted by atomic mass is 31.2. The molecule has 0 saturated heterocycles. The third kappa shape index (κ3) is 10.4. The van der Waals surface area contributed by atoms with E-state index in [-0.39, 0.29) is 44.2 Å². The van der Waals surface area contributed by atoms with Gasteiger partial charge in [0.1, 0.15) is 23.6 Å². The molecule has 0 aliphatic heterocycles. The standard InChI is InChI=1S/C51H59N4O6P/c1-9-16-39-21-30-49-46(33-39)45-19-13-14-20-48(45)54(49)34-50(56)53-47(38(6)61-62(60-32-15-31-52)55(36(2)3)37(4)5)35-59-51(40-17-11-10-12-18-40,41-22-26-43(57-7)27-23-41)42-24-28-44(58-8)29-25-42/h9-14,16-30,33,36-38,47H,15,32,34-35H2,1-8H3,(H,53,56)/b16-9+/t38-,47-,62?/m1/s1. The Balaban J connectivity index is 1.43. The maximum atomic E-state index is 14.7. The first-order valence-electron chi connectivity index (χ1n) is 21.2. The Labute approximate surface area is 368 Å². The molecule has 1 N–H and O–H groups in total. The molecule has 1 amide bonds. The van der Waals surface area contributed by atoms with Crippen LogP contribution in [-0.4, -0.2) is 66.8 Å². The SMILES string of the molecule is C/C=C/c1ccc2c(c1)c1ccccc1n2CC(=O)N[C@H](COC(c1ccccc1)(c1ccc(OC)cc1)c1ccc(OC)cc1)[C@@H](C)OP(OCCC#N)N(C(C)C)C(C)C. The van der Waals surface area contributed by atoms with E-state index < -0.39 is 26.3 Å². The number of amides is 1. The van der Waals surface area contributed by atoms with Crippen molar-refractivity contribution in [2.45, 2.75) is 84.3 Å². The molecule has 0 fully saturated rings. The summed E-state index contributed by atoms with van der Waals surface area (Å²) in [5, 5.41) is 14.9. The van der Waals surface area contributed by atoms with Gasteiger partial charge in [0.2, 0.25) is 5.91 Å². The summed E-state index contributed by atoms with van der Waals surface area (Å²) in [5.41, 5.74) is 4.50. The van der Waals surface area contributed by atoms with E-state index in [2.05, 4.69) is 96.9 Å². The second-order valence-electron chi connectivity index (χ2n) is 15.7. The molecule has 0 radical (unpaired) electrons. The van der Waals surface area contributed by atoms with Crippen LogP contribution < -0.4 is 14.8 Å². The zero-order chi connectivity index (χ0) is 44.2. The van der Waals surface area contributed by atoms with Crippen LogP contribution in [0.3, 0.4) is 0 Å². The molecule has 5 aromatic carbocycles. The highest BCUT2D eigenvalue weighted by Gasteiger charge is 2.40. The fraction of sp³-hybridized carbons (Fsp3) is 0.333. The Morgan fingerprint density at radius 3 is 1.95 bits per heavy atom. The van der Waals surface area contributed by atoms with Crippen LogP contribution in [0.1, 0.15) is 70.2 Å². The molecule has 0 aliphatic carbocycles. The van der Waals surface area contributed by atoms with E-state index in [1.54, 1.807) is 14.2 Å². The van der Waals surface area contributed by atoms with E-state index >= 15 is 0 Å². The van der Waals surface area contributed by atoms with Gasteiger partial charge in [0.05, 0.1) is 52.1 Å². The van der Waals surface area contributed by atoms with Crippen LogP contribution in [0, 0.1) is 11.3 Å². The van der Waals surface area contributed by atoms with Gasteiger partial charge in [-0.25, -0.2) is 4.67 Å². The highest BCUT2D eigenvalue weighted by Crippen LogP contribution is 2.48. The van der Waals surface area contributed by atoms with E-state index in [0.717, 1.165) is 44.1 Å². The Kier molecular flexibility index (Phi) is 16.0. The van der Waals surface area contributed by atoms with Crippen molar-refractivity contribution in [2.24, 2.45) is 0 Å². The lowest BCUT2D eigenvalue weighted by molar-refractivity contribution is -0.124. The van der Waals surface area contributed by atoms with Crippen LogP contribution in [0.2, 0.25) is 0 Å². The van der Waals surface area contributed by atoms with E-state index in [1.807, 2.05) is 98.8 Å². The van der Waals surface area contributed by atoms with Crippen molar-refractivity contribution >= 4 is 42.3 Å². The maximum absolute atomic E-state index is 14.7. The fourth-order valence-corrected chi connectivity index (χ4v) is 9.76. The molecule has 0 aliphatic rings. The maximum Gasteiger partial charge on any atom is 0.259 e. The van der Waals surface area contributed by atoms with E-state index in [9.17, 15) is 10.1 Å². The molecule has 324 valence electrons. The third-order valence-corrected chi connectivity index (χ3v) is 13.2. The first kappa shape index (κ1) is 46.0. The number of hydrogen-bond donors (Lipinski definition) is 1. The predicted octanol–water partition coefficient (Wildman–Crippen LogP) is 11.0. The summed E-state index contributed by atoms with van der Waals surface area (Å²) in [5.74, 6) is 1.23. The van der Waals surface area contributed by atoms with Crippen molar-refractivity contribution in [2.75, 3.05) is 27.4 Å². The molecule has 0 spiro atoms. The zero-order valence-electron chi connectivity index (χ0n) is 37.1. The van der Waals surface area contributed by atoms with Crippen molar-refractivity contribution in [3.8, 4) is 17.6 Å². The minimum Gasteiger partial charge on any atom is -0.497 e.